The lowest BCUT2D eigenvalue weighted by atomic mass is 10.2. The van der Waals surface area contributed by atoms with E-state index in [2.05, 4.69) is 45.4 Å². The molecule has 122 valence electrons. The lowest BCUT2D eigenvalue weighted by molar-refractivity contribution is 0.312. The van der Waals surface area contributed by atoms with Gasteiger partial charge in [-0.2, -0.15) is 0 Å². The Balaban J connectivity index is 1.59. The number of anilines is 1. The molecule has 1 aliphatic rings. The van der Waals surface area contributed by atoms with Crippen LogP contribution >= 0.6 is 11.3 Å². The van der Waals surface area contributed by atoms with Gasteiger partial charge >= 0.3 is 0 Å². The Hall–Kier alpha value is -2.24. The minimum Gasteiger partial charge on any atom is -0.354 e. The van der Waals surface area contributed by atoms with Gasteiger partial charge in [-0.25, -0.2) is 9.97 Å². The average Bonchev–Trinajstić information content (AvgIpc) is 3.13. The maximum atomic E-state index is 4.81. The SMILES string of the molecule is CN1CCN(c2cc(-c3nc(-c4ccccc4)cs3)ccn2)CC1. The first-order chi connectivity index (χ1) is 11.8. The van der Waals surface area contributed by atoms with Gasteiger partial charge in [0.15, 0.2) is 0 Å². The summed E-state index contributed by atoms with van der Waals surface area (Å²) >= 11 is 1.69. The summed E-state index contributed by atoms with van der Waals surface area (Å²) in [6, 6.07) is 14.5. The van der Waals surface area contributed by atoms with Crippen molar-refractivity contribution in [1.29, 1.82) is 0 Å². The van der Waals surface area contributed by atoms with Gasteiger partial charge in [0.05, 0.1) is 5.69 Å². The van der Waals surface area contributed by atoms with E-state index in [1.807, 2.05) is 30.5 Å². The second-order valence-corrected chi connectivity index (χ2v) is 6.96. The second-order valence-electron chi connectivity index (χ2n) is 6.10. The van der Waals surface area contributed by atoms with E-state index in [1.54, 1.807) is 11.3 Å². The second kappa shape index (κ2) is 6.71. The summed E-state index contributed by atoms with van der Waals surface area (Å²) in [5.74, 6) is 1.05. The number of piperazine rings is 1. The van der Waals surface area contributed by atoms with Gasteiger partial charge in [0.25, 0.3) is 0 Å². The minimum atomic E-state index is 1.03. The van der Waals surface area contributed by atoms with Crippen molar-refractivity contribution < 1.29 is 0 Å². The molecule has 5 heteroatoms. The van der Waals surface area contributed by atoms with Crippen molar-refractivity contribution in [2.75, 3.05) is 38.1 Å². The van der Waals surface area contributed by atoms with Crippen LogP contribution in [0.4, 0.5) is 5.82 Å². The zero-order valence-electron chi connectivity index (χ0n) is 13.7. The van der Waals surface area contributed by atoms with Crippen LogP contribution in [-0.2, 0) is 0 Å². The number of benzene rings is 1. The predicted octanol–water partition coefficient (Wildman–Crippen LogP) is 3.62. The van der Waals surface area contributed by atoms with Gasteiger partial charge < -0.3 is 9.80 Å². The van der Waals surface area contributed by atoms with E-state index in [4.69, 9.17) is 4.98 Å². The van der Waals surface area contributed by atoms with Crippen LogP contribution < -0.4 is 4.90 Å². The first-order valence-corrected chi connectivity index (χ1v) is 9.08. The van der Waals surface area contributed by atoms with Crippen molar-refractivity contribution in [2.24, 2.45) is 0 Å². The Morgan fingerprint density at radius 2 is 1.75 bits per heavy atom. The summed E-state index contributed by atoms with van der Waals surface area (Å²) in [4.78, 5) is 14.1. The molecule has 1 aliphatic heterocycles. The van der Waals surface area contributed by atoms with Gasteiger partial charge in [0.2, 0.25) is 0 Å². The lowest BCUT2D eigenvalue weighted by Crippen LogP contribution is -2.44. The van der Waals surface area contributed by atoms with Crippen molar-refractivity contribution in [1.82, 2.24) is 14.9 Å². The minimum absolute atomic E-state index is 1.03. The number of rotatable bonds is 3. The third-order valence-electron chi connectivity index (χ3n) is 4.39. The summed E-state index contributed by atoms with van der Waals surface area (Å²) in [7, 11) is 2.17. The molecule has 1 fully saturated rings. The number of aromatic nitrogens is 2. The topological polar surface area (TPSA) is 32.3 Å². The number of hydrogen-bond donors (Lipinski definition) is 0. The summed E-state index contributed by atoms with van der Waals surface area (Å²) in [5.41, 5.74) is 3.34. The molecule has 4 rings (SSSR count). The van der Waals surface area contributed by atoms with Crippen molar-refractivity contribution in [2.45, 2.75) is 0 Å². The first-order valence-electron chi connectivity index (χ1n) is 8.20. The molecule has 1 aromatic carbocycles. The molecule has 0 spiro atoms. The highest BCUT2D eigenvalue weighted by Crippen LogP contribution is 2.30. The summed E-state index contributed by atoms with van der Waals surface area (Å²) in [6.07, 6.45) is 1.90. The molecule has 3 aromatic rings. The molecule has 0 aliphatic carbocycles. The molecule has 24 heavy (non-hydrogen) atoms. The van der Waals surface area contributed by atoms with Gasteiger partial charge in [-0.15, -0.1) is 11.3 Å². The Kier molecular flexibility index (Phi) is 4.28. The largest absolute Gasteiger partial charge is 0.354 e. The van der Waals surface area contributed by atoms with Crippen LogP contribution in [0.2, 0.25) is 0 Å². The van der Waals surface area contributed by atoms with E-state index in [-0.39, 0.29) is 0 Å². The van der Waals surface area contributed by atoms with E-state index < -0.39 is 0 Å². The van der Waals surface area contributed by atoms with Crippen LogP contribution in [0.1, 0.15) is 0 Å². The molecule has 1 saturated heterocycles. The van der Waals surface area contributed by atoms with Crippen molar-refractivity contribution in [3.63, 3.8) is 0 Å². The van der Waals surface area contributed by atoms with Crippen molar-refractivity contribution in [3.05, 3.63) is 54.0 Å². The van der Waals surface area contributed by atoms with E-state index in [9.17, 15) is 0 Å². The zero-order valence-corrected chi connectivity index (χ0v) is 14.5. The molecular formula is C19H20N4S. The van der Waals surface area contributed by atoms with Crippen molar-refractivity contribution >= 4 is 17.2 Å². The number of pyridine rings is 1. The first kappa shape index (κ1) is 15.3. The molecule has 0 radical (unpaired) electrons. The normalized spacial score (nSPS) is 15.6. The van der Waals surface area contributed by atoms with E-state index >= 15 is 0 Å². The molecule has 4 nitrogen and oxygen atoms in total. The fourth-order valence-electron chi connectivity index (χ4n) is 2.91. The Morgan fingerprint density at radius 3 is 2.54 bits per heavy atom. The molecule has 0 atom stereocenters. The molecule has 0 N–H and O–H groups in total. The van der Waals surface area contributed by atoms with Gasteiger partial charge in [-0.3, -0.25) is 0 Å². The summed E-state index contributed by atoms with van der Waals surface area (Å²) < 4.78 is 0. The molecular weight excluding hydrogens is 316 g/mol. The van der Waals surface area contributed by atoms with Crippen LogP contribution in [0.3, 0.4) is 0 Å². The molecule has 0 unspecified atom stereocenters. The van der Waals surface area contributed by atoms with Crippen LogP contribution in [0.25, 0.3) is 21.8 Å². The smallest absolute Gasteiger partial charge is 0.129 e. The monoisotopic (exact) mass is 336 g/mol. The molecule has 0 saturated carbocycles. The van der Waals surface area contributed by atoms with Gasteiger partial charge in [-0.1, -0.05) is 30.3 Å². The van der Waals surface area contributed by atoms with Gasteiger partial charge in [-0.05, 0) is 19.2 Å². The quantitative estimate of drug-likeness (QED) is 0.731. The highest BCUT2D eigenvalue weighted by atomic mass is 32.1. The Morgan fingerprint density at radius 1 is 0.958 bits per heavy atom. The van der Waals surface area contributed by atoms with Gasteiger partial charge in [0.1, 0.15) is 10.8 Å². The fourth-order valence-corrected chi connectivity index (χ4v) is 3.73. The highest BCUT2D eigenvalue weighted by Gasteiger charge is 2.16. The fraction of sp³-hybridized carbons (Fsp3) is 0.263. The third kappa shape index (κ3) is 3.18. The maximum absolute atomic E-state index is 4.81. The number of nitrogens with zero attached hydrogens (tertiary/aromatic N) is 4. The van der Waals surface area contributed by atoms with Crippen LogP contribution in [0, 0.1) is 0 Å². The Bertz CT molecular complexity index is 807. The third-order valence-corrected chi connectivity index (χ3v) is 5.28. The van der Waals surface area contributed by atoms with Gasteiger partial charge in [0, 0.05) is 48.9 Å². The molecule has 3 heterocycles. The van der Waals surface area contributed by atoms with Crippen LogP contribution in [0.5, 0.6) is 0 Å². The number of hydrogen-bond acceptors (Lipinski definition) is 5. The number of likely N-dealkylation sites (N-methyl/N-ethyl adjacent to an activating group) is 1. The van der Waals surface area contributed by atoms with E-state index in [0.29, 0.717) is 0 Å². The Labute approximate surface area is 146 Å². The molecule has 0 bridgehead atoms. The average molecular weight is 336 g/mol. The summed E-state index contributed by atoms with van der Waals surface area (Å²) in [6.45, 7) is 4.23. The zero-order chi connectivity index (χ0) is 16.4. The lowest BCUT2D eigenvalue weighted by Gasteiger charge is -2.33. The van der Waals surface area contributed by atoms with E-state index in [1.165, 1.54) is 0 Å². The number of thiazole rings is 1. The molecule has 0 amide bonds. The highest BCUT2D eigenvalue weighted by molar-refractivity contribution is 7.13. The van der Waals surface area contributed by atoms with Crippen molar-refractivity contribution in [3.8, 4) is 21.8 Å². The summed E-state index contributed by atoms with van der Waals surface area (Å²) in [5, 5.41) is 3.17. The standard InChI is InChI=1S/C19H20N4S/c1-22-9-11-23(12-10-22)18-13-16(7-8-20-18)19-21-17(14-24-19)15-5-3-2-4-6-15/h2-8,13-14H,9-12H2,1H3. The molecule has 2 aromatic heterocycles. The van der Waals surface area contributed by atoms with Crippen LogP contribution in [0.15, 0.2) is 54.0 Å². The van der Waals surface area contributed by atoms with E-state index in [0.717, 1.165) is 53.8 Å². The predicted molar refractivity (Wildman–Crippen MR) is 100 cm³/mol. The van der Waals surface area contributed by atoms with Crippen LogP contribution in [-0.4, -0.2) is 48.1 Å². The maximum Gasteiger partial charge on any atom is 0.129 e.